The summed E-state index contributed by atoms with van der Waals surface area (Å²) in [5, 5.41) is 0. The van der Waals surface area contributed by atoms with E-state index in [0.717, 1.165) is 6.42 Å². The summed E-state index contributed by atoms with van der Waals surface area (Å²) in [5.74, 6) is -0.117. The third-order valence-corrected chi connectivity index (χ3v) is 3.98. The van der Waals surface area contributed by atoms with Crippen LogP contribution >= 0.6 is 0 Å². The largest absolute Gasteiger partial charge is 0.466 e. The zero-order valence-electron chi connectivity index (χ0n) is 15.1. The molecule has 0 radical (unpaired) electrons. The van der Waals surface area contributed by atoms with Crippen LogP contribution in [0.5, 0.6) is 0 Å². The van der Waals surface area contributed by atoms with E-state index in [1.165, 1.54) is 77.0 Å². The standard InChI is InChI=1S/C20H38O2/c1-3-5-6-7-8-9-10-11-12-13-14-15-16-17-18-19-20(21)22-4-2/h17-18H,3-16,19H2,1-2H3/b18-17-. The maximum Gasteiger partial charge on any atom is 0.309 e. The molecule has 0 aromatic rings. The number of ether oxygens (including phenoxy) is 1. The van der Waals surface area contributed by atoms with Gasteiger partial charge in [0.2, 0.25) is 0 Å². The lowest BCUT2D eigenvalue weighted by atomic mass is 10.0. The topological polar surface area (TPSA) is 26.3 Å². The minimum atomic E-state index is -0.117. The van der Waals surface area contributed by atoms with Gasteiger partial charge in [-0.1, -0.05) is 89.7 Å². The molecule has 0 aliphatic carbocycles. The average Bonchev–Trinajstić information content (AvgIpc) is 2.51. The zero-order chi connectivity index (χ0) is 16.3. The van der Waals surface area contributed by atoms with Crippen molar-refractivity contribution in [2.45, 2.75) is 104 Å². The van der Waals surface area contributed by atoms with Gasteiger partial charge in [-0.2, -0.15) is 0 Å². The normalized spacial score (nSPS) is 11.2. The summed E-state index contributed by atoms with van der Waals surface area (Å²) in [7, 11) is 0. The Morgan fingerprint density at radius 2 is 1.23 bits per heavy atom. The SMILES string of the molecule is CCCCCCCCCCCCCC/C=C\CC(=O)OCC. The van der Waals surface area contributed by atoms with Crippen molar-refractivity contribution < 1.29 is 9.53 Å². The number of rotatable bonds is 16. The van der Waals surface area contributed by atoms with E-state index in [9.17, 15) is 4.79 Å². The molecule has 0 N–H and O–H groups in total. The van der Waals surface area contributed by atoms with Crippen LogP contribution in [0.1, 0.15) is 104 Å². The van der Waals surface area contributed by atoms with Gasteiger partial charge in [0.25, 0.3) is 0 Å². The van der Waals surface area contributed by atoms with E-state index < -0.39 is 0 Å². The first-order valence-electron chi connectivity index (χ1n) is 9.61. The first-order chi connectivity index (χ1) is 10.8. The van der Waals surface area contributed by atoms with Crippen LogP contribution < -0.4 is 0 Å². The van der Waals surface area contributed by atoms with Gasteiger partial charge in [-0.3, -0.25) is 4.79 Å². The van der Waals surface area contributed by atoms with E-state index in [2.05, 4.69) is 13.0 Å². The second kappa shape index (κ2) is 18.3. The molecule has 0 bridgehead atoms. The van der Waals surface area contributed by atoms with Crippen molar-refractivity contribution in [2.75, 3.05) is 6.61 Å². The van der Waals surface area contributed by atoms with Gasteiger partial charge in [0, 0.05) is 0 Å². The number of allylic oxidation sites excluding steroid dienone is 1. The van der Waals surface area contributed by atoms with E-state index in [1.54, 1.807) is 0 Å². The fourth-order valence-electron chi connectivity index (χ4n) is 2.62. The molecule has 2 nitrogen and oxygen atoms in total. The zero-order valence-corrected chi connectivity index (χ0v) is 15.1. The van der Waals surface area contributed by atoms with Gasteiger partial charge in [-0.25, -0.2) is 0 Å². The summed E-state index contributed by atoms with van der Waals surface area (Å²) in [4.78, 5) is 11.1. The van der Waals surface area contributed by atoms with E-state index in [4.69, 9.17) is 4.74 Å². The van der Waals surface area contributed by atoms with Crippen LogP contribution in [-0.2, 0) is 9.53 Å². The van der Waals surface area contributed by atoms with Crippen LogP contribution in [0.4, 0.5) is 0 Å². The lowest BCUT2D eigenvalue weighted by molar-refractivity contribution is -0.142. The lowest BCUT2D eigenvalue weighted by Crippen LogP contribution is -2.01. The molecule has 0 atom stereocenters. The molecule has 0 saturated carbocycles. The molecular formula is C20H38O2. The van der Waals surface area contributed by atoms with Gasteiger partial charge >= 0.3 is 5.97 Å². The predicted octanol–water partition coefficient (Wildman–Crippen LogP) is 6.59. The second-order valence-electron chi connectivity index (χ2n) is 6.16. The third-order valence-electron chi connectivity index (χ3n) is 3.98. The van der Waals surface area contributed by atoms with Crippen LogP contribution in [-0.4, -0.2) is 12.6 Å². The Kier molecular flexibility index (Phi) is 17.6. The van der Waals surface area contributed by atoms with E-state index >= 15 is 0 Å². The van der Waals surface area contributed by atoms with Crippen molar-refractivity contribution in [3.8, 4) is 0 Å². The van der Waals surface area contributed by atoms with E-state index in [0.29, 0.717) is 13.0 Å². The molecule has 0 aromatic carbocycles. The molecule has 0 rings (SSSR count). The smallest absolute Gasteiger partial charge is 0.309 e. The van der Waals surface area contributed by atoms with Gasteiger partial charge in [-0.05, 0) is 19.8 Å². The highest BCUT2D eigenvalue weighted by molar-refractivity contribution is 5.71. The Labute approximate surface area is 138 Å². The van der Waals surface area contributed by atoms with Crippen LogP contribution in [0.2, 0.25) is 0 Å². The first kappa shape index (κ1) is 21.2. The quantitative estimate of drug-likeness (QED) is 0.183. The Morgan fingerprint density at radius 3 is 1.73 bits per heavy atom. The van der Waals surface area contributed by atoms with Gasteiger partial charge in [0.15, 0.2) is 0 Å². The number of hydrogen-bond donors (Lipinski definition) is 0. The molecule has 0 aliphatic heterocycles. The van der Waals surface area contributed by atoms with Gasteiger partial charge in [0.1, 0.15) is 0 Å². The molecule has 0 amide bonds. The van der Waals surface area contributed by atoms with Crippen LogP contribution in [0.25, 0.3) is 0 Å². The Balaban J connectivity index is 3.11. The van der Waals surface area contributed by atoms with E-state index in [-0.39, 0.29) is 5.97 Å². The number of carbonyl (C=O) groups excluding carboxylic acids is 1. The monoisotopic (exact) mass is 310 g/mol. The molecule has 0 heterocycles. The molecule has 0 unspecified atom stereocenters. The number of carbonyl (C=O) groups is 1. The molecule has 0 aromatic heterocycles. The molecule has 22 heavy (non-hydrogen) atoms. The maximum absolute atomic E-state index is 11.1. The summed E-state index contributed by atoms with van der Waals surface area (Å²) >= 11 is 0. The summed E-state index contributed by atoms with van der Waals surface area (Å²) in [5.41, 5.74) is 0. The highest BCUT2D eigenvalue weighted by Gasteiger charge is 1.96. The minimum absolute atomic E-state index is 0.117. The second-order valence-corrected chi connectivity index (χ2v) is 6.16. The van der Waals surface area contributed by atoms with Gasteiger partial charge < -0.3 is 4.74 Å². The van der Waals surface area contributed by atoms with Crippen molar-refractivity contribution in [1.82, 2.24) is 0 Å². The third kappa shape index (κ3) is 17.3. The maximum atomic E-state index is 11.1. The molecule has 130 valence electrons. The fraction of sp³-hybridized carbons (Fsp3) is 0.850. The van der Waals surface area contributed by atoms with Crippen LogP contribution in [0.15, 0.2) is 12.2 Å². The Hall–Kier alpha value is -0.790. The fourth-order valence-corrected chi connectivity index (χ4v) is 2.62. The molecule has 0 aliphatic rings. The molecular weight excluding hydrogens is 272 g/mol. The van der Waals surface area contributed by atoms with Crippen molar-refractivity contribution >= 4 is 5.97 Å². The minimum Gasteiger partial charge on any atom is -0.466 e. The summed E-state index contributed by atoms with van der Waals surface area (Å²) < 4.78 is 4.87. The summed E-state index contributed by atoms with van der Waals surface area (Å²) in [6, 6.07) is 0. The Bertz CT molecular complexity index is 258. The predicted molar refractivity (Wildman–Crippen MR) is 96.1 cm³/mol. The number of unbranched alkanes of at least 4 members (excludes halogenated alkanes) is 12. The number of esters is 1. The highest BCUT2D eigenvalue weighted by atomic mass is 16.5. The van der Waals surface area contributed by atoms with Crippen molar-refractivity contribution in [1.29, 1.82) is 0 Å². The molecule has 0 fully saturated rings. The first-order valence-corrected chi connectivity index (χ1v) is 9.61. The van der Waals surface area contributed by atoms with Crippen molar-refractivity contribution in [2.24, 2.45) is 0 Å². The molecule has 0 saturated heterocycles. The lowest BCUT2D eigenvalue weighted by Gasteiger charge is -2.02. The van der Waals surface area contributed by atoms with Crippen LogP contribution in [0.3, 0.4) is 0 Å². The van der Waals surface area contributed by atoms with Crippen LogP contribution in [0, 0.1) is 0 Å². The Morgan fingerprint density at radius 1 is 0.727 bits per heavy atom. The van der Waals surface area contributed by atoms with Crippen molar-refractivity contribution in [3.05, 3.63) is 12.2 Å². The van der Waals surface area contributed by atoms with Gasteiger partial charge in [0.05, 0.1) is 13.0 Å². The molecule has 2 heteroatoms. The number of hydrogen-bond acceptors (Lipinski definition) is 2. The average molecular weight is 311 g/mol. The van der Waals surface area contributed by atoms with E-state index in [1.807, 2.05) is 13.0 Å². The molecule has 0 spiro atoms. The highest BCUT2D eigenvalue weighted by Crippen LogP contribution is 2.12. The summed E-state index contributed by atoms with van der Waals surface area (Å²) in [6.07, 6.45) is 22.2. The summed E-state index contributed by atoms with van der Waals surface area (Å²) in [6.45, 7) is 4.59. The van der Waals surface area contributed by atoms with Crippen molar-refractivity contribution in [3.63, 3.8) is 0 Å². The van der Waals surface area contributed by atoms with Gasteiger partial charge in [-0.15, -0.1) is 0 Å².